The highest BCUT2D eigenvalue weighted by molar-refractivity contribution is 7.92. The minimum Gasteiger partial charge on any atom is -0.357 e. The lowest BCUT2D eigenvalue weighted by molar-refractivity contribution is 0.483. The maximum Gasteiger partial charge on any atom is 0.193 e. The predicted molar refractivity (Wildman–Crippen MR) is 95.6 cm³/mol. The van der Waals surface area contributed by atoms with E-state index in [9.17, 15) is 8.42 Å². The number of thiophene rings is 1. The fraction of sp³-hybridized carbons (Fsp3) is 0.667. The van der Waals surface area contributed by atoms with E-state index in [4.69, 9.17) is 0 Å². The van der Waals surface area contributed by atoms with Crippen molar-refractivity contribution < 1.29 is 8.42 Å². The van der Waals surface area contributed by atoms with Crippen LogP contribution >= 0.6 is 11.3 Å². The number of nitrogens with zero attached hydrogens (tertiary/aromatic N) is 2. The van der Waals surface area contributed by atoms with Gasteiger partial charge < -0.3 is 10.2 Å². The van der Waals surface area contributed by atoms with Gasteiger partial charge in [0.05, 0.1) is 11.3 Å². The lowest BCUT2D eigenvalue weighted by atomic mass is 10.2. The van der Waals surface area contributed by atoms with Crippen LogP contribution in [0.5, 0.6) is 0 Å². The summed E-state index contributed by atoms with van der Waals surface area (Å²) in [7, 11) is -1.16. The van der Waals surface area contributed by atoms with Crippen molar-refractivity contribution in [3.8, 4) is 0 Å². The highest BCUT2D eigenvalue weighted by atomic mass is 32.2. The second-order valence-corrected chi connectivity index (χ2v) is 9.63. The second kappa shape index (κ2) is 7.97. The van der Waals surface area contributed by atoms with Gasteiger partial charge in [0.2, 0.25) is 0 Å². The molecular formula is C15H27N3O2S2. The molecule has 1 heterocycles. The molecule has 1 rings (SSSR count). The Morgan fingerprint density at radius 3 is 2.64 bits per heavy atom. The molecule has 0 spiro atoms. The molecule has 1 aromatic heterocycles. The fourth-order valence-electron chi connectivity index (χ4n) is 1.69. The Kier molecular flexibility index (Phi) is 6.87. The predicted octanol–water partition coefficient (Wildman–Crippen LogP) is 2.01. The summed E-state index contributed by atoms with van der Waals surface area (Å²) in [4.78, 5) is 7.88. The Morgan fingerprint density at radius 2 is 2.14 bits per heavy atom. The number of rotatable bonds is 7. The van der Waals surface area contributed by atoms with Crippen molar-refractivity contribution in [3.05, 3.63) is 22.4 Å². The molecule has 0 saturated heterocycles. The van der Waals surface area contributed by atoms with Gasteiger partial charge in [-0.15, -0.1) is 11.3 Å². The summed E-state index contributed by atoms with van der Waals surface area (Å²) in [6.07, 6.45) is 2.21. The van der Waals surface area contributed by atoms with Crippen molar-refractivity contribution in [2.45, 2.75) is 31.9 Å². The van der Waals surface area contributed by atoms with Gasteiger partial charge in [0.25, 0.3) is 0 Å². The van der Waals surface area contributed by atoms with Crippen LogP contribution in [-0.4, -0.2) is 57.0 Å². The van der Waals surface area contributed by atoms with E-state index in [-0.39, 0.29) is 6.54 Å². The third-order valence-electron chi connectivity index (χ3n) is 3.58. The van der Waals surface area contributed by atoms with Gasteiger partial charge in [-0.1, -0.05) is 6.07 Å². The van der Waals surface area contributed by atoms with E-state index in [0.29, 0.717) is 0 Å². The number of likely N-dealkylation sites (N-methyl/N-ethyl adjacent to an activating group) is 1. The molecule has 0 aromatic carbocycles. The molecule has 0 aliphatic rings. The summed E-state index contributed by atoms with van der Waals surface area (Å²) in [6.45, 7) is 7.26. The van der Waals surface area contributed by atoms with E-state index >= 15 is 0 Å². The Morgan fingerprint density at radius 1 is 1.45 bits per heavy atom. The van der Waals surface area contributed by atoms with Crippen LogP contribution in [0, 0.1) is 0 Å². The van der Waals surface area contributed by atoms with Crippen LogP contribution in [0.1, 0.15) is 25.6 Å². The average molecular weight is 346 g/mol. The number of nitrogens with one attached hydrogen (secondary N) is 1. The van der Waals surface area contributed by atoms with Crippen LogP contribution in [0.15, 0.2) is 22.5 Å². The average Bonchev–Trinajstić information content (AvgIpc) is 2.92. The standard InChI is InChI=1S/C15H27N3O2S2/c1-6-16-14(17-12-15(2,3)22(5,19)20)18(4)10-9-13-8-7-11-21-13/h7-8,11H,6,9-10,12H2,1-5H3,(H,16,17). The van der Waals surface area contributed by atoms with Crippen molar-refractivity contribution in [1.82, 2.24) is 10.2 Å². The monoisotopic (exact) mass is 345 g/mol. The van der Waals surface area contributed by atoms with Crippen molar-refractivity contribution in [2.24, 2.45) is 4.99 Å². The van der Waals surface area contributed by atoms with Gasteiger partial charge in [-0.05, 0) is 38.6 Å². The van der Waals surface area contributed by atoms with E-state index in [1.54, 1.807) is 25.2 Å². The number of hydrogen-bond acceptors (Lipinski definition) is 4. The molecule has 22 heavy (non-hydrogen) atoms. The lowest BCUT2D eigenvalue weighted by Gasteiger charge is -2.25. The van der Waals surface area contributed by atoms with Crippen LogP contribution in [0.3, 0.4) is 0 Å². The van der Waals surface area contributed by atoms with Crippen LogP contribution in [0.2, 0.25) is 0 Å². The van der Waals surface area contributed by atoms with Gasteiger partial charge in [0, 0.05) is 31.3 Å². The quantitative estimate of drug-likeness (QED) is 0.607. The van der Waals surface area contributed by atoms with Crippen LogP contribution in [0.25, 0.3) is 0 Å². The molecule has 0 aliphatic heterocycles. The SMILES string of the molecule is CCNC(=NCC(C)(C)S(C)(=O)=O)N(C)CCc1cccs1. The molecule has 0 fully saturated rings. The third kappa shape index (κ3) is 5.61. The van der Waals surface area contributed by atoms with Crippen LogP contribution in [-0.2, 0) is 16.3 Å². The lowest BCUT2D eigenvalue weighted by Crippen LogP contribution is -2.42. The number of hydrogen-bond donors (Lipinski definition) is 1. The van der Waals surface area contributed by atoms with Crippen molar-refractivity contribution >= 4 is 27.1 Å². The molecule has 0 unspecified atom stereocenters. The summed E-state index contributed by atoms with van der Waals surface area (Å²) in [5.74, 6) is 0.746. The Hall–Kier alpha value is -1.08. The zero-order chi connectivity index (χ0) is 16.8. The molecule has 5 nitrogen and oxygen atoms in total. The summed E-state index contributed by atoms with van der Waals surface area (Å²) < 4.78 is 22.7. The van der Waals surface area contributed by atoms with E-state index in [0.717, 1.165) is 25.5 Å². The van der Waals surface area contributed by atoms with Crippen molar-refractivity contribution in [2.75, 3.05) is 32.9 Å². The summed E-state index contributed by atoms with van der Waals surface area (Å²) in [6, 6.07) is 4.17. The Balaban J connectivity index is 2.72. The number of sulfone groups is 1. The first kappa shape index (κ1) is 19.0. The molecule has 1 aromatic rings. The van der Waals surface area contributed by atoms with E-state index in [2.05, 4.69) is 21.8 Å². The molecule has 7 heteroatoms. The fourth-order valence-corrected chi connectivity index (χ4v) is 2.69. The van der Waals surface area contributed by atoms with Crippen LogP contribution < -0.4 is 5.32 Å². The topological polar surface area (TPSA) is 61.8 Å². The first-order chi connectivity index (χ1) is 10.2. The molecular weight excluding hydrogens is 318 g/mol. The van der Waals surface area contributed by atoms with Crippen LogP contribution in [0.4, 0.5) is 0 Å². The number of guanidine groups is 1. The van der Waals surface area contributed by atoms with Gasteiger partial charge in [-0.25, -0.2) is 8.42 Å². The normalized spacial score (nSPS) is 13.2. The highest BCUT2D eigenvalue weighted by Crippen LogP contribution is 2.15. The maximum absolute atomic E-state index is 11.8. The number of aliphatic imine (C=N–C) groups is 1. The Bertz CT molecular complexity index is 578. The second-order valence-electron chi connectivity index (χ2n) is 5.95. The third-order valence-corrected chi connectivity index (χ3v) is 6.66. The Labute approximate surface area is 138 Å². The van der Waals surface area contributed by atoms with Gasteiger partial charge >= 0.3 is 0 Å². The first-order valence-electron chi connectivity index (χ1n) is 7.39. The van der Waals surface area contributed by atoms with E-state index in [1.807, 2.05) is 24.9 Å². The molecule has 0 bridgehead atoms. The van der Waals surface area contributed by atoms with Gasteiger partial charge in [0.15, 0.2) is 15.8 Å². The highest BCUT2D eigenvalue weighted by Gasteiger charge is 2.30. The molecule has 0 atom stereocenters. The molecule has 0 radical (unpaired) electrons. The molecule has 1 N–H and O–H groups in total. The molecule has 0 saturated carbocycles. The zero-order valence-electron chi connectivity index (χ0n) is 14.1. The van der Waals surface area contributed by atoms with Gasteiger partial charge in [-0.2, -0.15) is 0 Å². The van der Waals surface area contributed by atoms with E-state index in [1.165, 1.54) is 11.1 Å². The minimum absolute atomic E-state index is 0.248. The van der Waals surface area contributed by atoms with Gasteiger partial charge in [-0.3, -0.25) is 4.99 Å². The largest absolute Gasteiger partial charge is 0.357 e. The molecule has 0 amide bonds. The first-order valence-corrected chi connectivity index (χ1v) is 10.2. The zero-order valence-corrected chi connectivity index (χ0v) is 15.7. The summed E-state index contributed by atoms with van der Waals surface area (Å²) in [5, 5.41) is 5.29. The minimum atomic E-state index is -3.14. The van der Waals surface area contributed by atoms with Gasteiger partial charge in [0.1, 0.15) is 0 Å². The molecule has 0 aliphatic carbocycles. The van der Waals surface area contributed by atoms with Crippen molar-refractivity contribution in [3.63, 3.8) is 0 Å². The molecule has 126 valence electrons. The smallest absolute Gasteiger partial charge is 0.193 e. The maximum atomic E-state index is 11.8. The van der Waals surface area contributed by atoms with Crippen molar-refractivity contribution in [1.29, 1.82) is 0 Å². The summed E-state index contributed by atoms with van der Waals surface area (Å²) >= 11 is 1.74. The summed E-state index contributed by atoms with van der Waals surface area (Å²) in [5.41, 5.74) is 0. The van der Waals surface area contributed by atoms with E-state index < -0.39 is 14.6 Å².